The van der Waals surface area contributed by atoms with Crippen LogP contribution in [0.4, 0.5) is 0 Å². The van der Waals surface area contributed by atoms with Crippen LogP contribution in [0.2, 0.25) is 0 Å². The molecule has 0 aliphatic heterocycles. The molecule has 0 bridgehead atoms. The summed E-state index contributed by atoms with van der Waals surface area (Å²) in [4.78, 5) is 3.80. The summed E-state index contributed by atoms with van der Waals surface area (Å²) in [5.74, 6) is 1.08. The van der Waals surface area contributed by atoms with E-state index in [1.54, 1.807) is 7.11 Å². The number of nitrogens with zero attached hydrogens (tertiary/aromatic N) is 1. The Morgan fingerprint density at radius 3 is 2.77 bits per heavy atom. The van der Waals surface area contributed by atoms with Gasteiger partial charge in [-0.3, -0.25) is 0 Å². The summed E-state index contributed by atoms with van der Waals surface area (Å²) in [6.45, 7) is 0. The highest BCUT2D eigenvalue weighted by Crippen LogP contribution is 2.27. The van der Waals surface area contributed by atoms with Crippen molar-refractivity contribution in [2.75, 3.05) is 7.11 Å². The fourth-order valence-electron chi connectivity index (χ4n) is 1.11. The maximum Gasteiger partial charge on any atom is 0.287 e. The van der Waals surface area contributed by atoms with E-state index in [4.69, 9.17) is 9.15 Å². The van der Waals surface area contributed by atoms with E-state index >= 15 is 0 Å². The summed E-state index contributed by atoms with van der Waals surface area (Å²) in [6, 6.07) is 9.65. The van der Waals surface area contributed by atoms with Crippen LogP contribution in [-0.2, 0) is 0 Å². The van der Waals surface area contributed by atoms with E-state index in [2.05, 4.69) is 11.4 Å². The molecule has 0 aliphatic carbocycles. The number of benzene rings is 1. The van der Waals surface area contributed by atoms with Crippen molar-refractivity contribution in [3.8, 4) is 17.2 Å². The maximum atomic E-state index is 5.08. The van der Waals surface area contributed by atoms with Crippen molar-refractivity contribution in [1.82, 2.24) is 4.98 Å². The van der Waals surface area contributed by atoms with Crippen LogP contribution in [0, 0.1) is 6.39 Å². The summed E-state index contributed by atoms with van der Waals surface area (Å²) in [5.41, 5.74) is 0.938. The topological polar surface area (TPSA) is 35.3 Å². The fraction of sp³-hybridized carbons (Fsp3) is 0.100. The zero-order chi connectivity index (χ0) is 9.10. The fourth-order valence-corrected chi connectivity index (χ4v) is 1.11. The minimum absolute atomic E-state index is 0.464. The van der Waals surface area contributed by atoms with Gasteiger partial charge >= 0.3 is 0 Å². The molecule has 0 spiro atoms. The molecular formula is C10H8NO2. The standard InChI is InChI=1S/C10H8NO2/c1-12-10-9(13-7-11-10)8-5-3-2-4-6-8/h2-6H,1H3. The normalized spacial score (nSPS) is 9.92. The van der Waals surface area contributed by atoms with Gasteiger partial charge in [0, 0.05) is 5.56 Å². The zero-order valence-corrected chi connectivity index (χ0v) is 7.15. The Hall–Kier alpha value is -1.77. The van der Waals surface area contributed by atoms with E-state index in [9.17, 15) is 0 Å². The number of methoxy groups -OCH3 is 1. The largest absolute Gasteiger partial charge is 0.478 e. The molecule has 1 heterocycles. The van der Waals surface area contributed by atoms with Gasteiger partial charge in [-0.15, -0.1) is 0 Å². The van der Waals surface area contributed by atoms with Crippen LogP contribution in [0.5, 0.6) is 5.88 Å². The Kier molecular flexibility index (Phi) is 2.00. The average molecular weight is 174 g/mol. The molecular weight excluding hydrogens is 166 g/mol. The highest BCUT2D eigenvalue weighted by atomic mass is 16.5. The number of ether oxygens (including phenoxy) is 1. The molecule has 2 rings (SSSR count). The Balaban J connectivity index is 2.47. The molecule has 0 atom stereocenters. The minimum Gasteiger partial charge on any atom is -0.478 e. The molecule has 1 aromatic heterocycles. The van der Waals surface area contributed by atoms with Crippen molar-refractivity contribution in [2.24, 2.45) is 0 Å². The van der Waals surface area contributed by atoms with Crippen molar-refractivity contribution in [3.05, 3.63) is 36.7 Å². The number of rotatable bonds is 2. The predicted octanol–water partition coefficient (Wildman–Crippen LogP) is 2.15. The van der Waals surface area contributed by atoms with Crippen LogP contribution >= 0.6 is 0 Å². The van der Waals surface area contributed by atoms with Crippen LogP contribution in [0.3, 0.4) is 0 Å². The van der Waals surface area contributed by atoms with Crippen LogP contribution in [0.25, 0.3) is 11.3 Å². The number of hydrogen-bond donors (Lipinski definition) is 0. The van der Waals surface area contributed by atoms with Crippen molar-refractivity contribution in [3.63, 3.8) is 0 Å². The van der Waals surface area contributed by atoms with Gasteiger partial charge in [0.2, 0.25) is 0 Å². The maximum absolute atomic E-state index is 5.08. The van der Waals surface area contributed by atoms with Gasteiger partial charge in [-0.05, 0) is 0 Å². The van der Waals surface area contributed by atoms with E-state index in [0.717, 1.165) is 5.56 Å². The lowest BCUT2D eigenvalue weighted by Gasteiger charge is -1.97. The molecule has 0 saturated carbocycles. The van der Waals surface area contributed by atoms with E-state index in [1.807, 2.05) is 30.3 Å². The van der Waals surface area contributed by atoms with Gasteiger partial charge in [0.05, 0.1) is 7.11 Å². The van der Waals surface area contributed by atoms with Gasteiger partial charge in [-0.1, -0.05) is 30.3 Å². The van der Waals surface area contributed by atoms with Gasteiger partial charge in [0.25, 0.3) is 12.3 Å². The Morgan fingerprint density at radius 2 is 2.08 bits per heavy atom. The predicted molar refractivity (Wildman–Crippen MR) is 47.3 cm³/mol. The van der Waals surface area contributed by atoms with Gasteiger partial charge < -0.3 is 9.15 Å². The van der Waals surface area contributed by atoms with E-state index in [0.29, 0.717) is 11.6 Å². The third-order valence-electron chi connectivity index (χ3n) is 1.72. The van der Waals surface area contributed by atoms with Gasteiger partial charge in [-0.2, -0.15) is 4.98 Å². The molecule has 0 unspecified atom stereocenters. The smallest absolute Gasteiger partial charge is 0.287 e. The SMILES string of the molecule is COc1n[c]oc1-c1ccccc1. The molecule has 0 amide bonds. The highest BCUT2D eigenvalue weighted by molar-refractivity contribution is 5.61. The molecule has 0 aliphatic rings. The Bertz CT molecular complexity index is 381. The first-order chi connectivity index (χ1) is 6.42. The molecule has 65 valence electrons. The summed E-state index contributed by atoms with van der Waals surface area (Å²) in [5, 5.41) is 0. The molecule has 0 fully saturated rings. The number of aromatic nitrogens is 1. The zero-order valence-electron chi connectivity index (χ0n) is 7.15. The summed E-state index contributed by atoms with van der Waals surface area (Å²) in [7, 11) is 1.55. The first-order valence-electron chi connectivity index (χ1n) is 3.88. The summed E-state index contributed by atoms with van der Waals surface area (Å²) < 4.78 is 10.1. The second-order valence-corrected chi connectivity index (χ2v) is 2.51. The second-order valence-electron chi connectivity index (χ2n) is 2.51. The van der Waals surface area contributed by atoms with Crippen molar-refractivity contribution in [2.45, 2.75) is 0 Å². The molecule has 0 N–H and O–H groups in total. The van der Waals surface area contributed by atoms with E-state index < -0.39 is 0 Å². The summed E-state index contributed by atoms with van der Waals surface area (Å²) >= 11 is 0. The van der Waals surface area contributed by atoms with Gasteiger partial charge in [0.15, 0.2) is 5.76 Å². The molecule has 1 aromatic carbocycles. The average Bonchev–Trinajstić information content (AvgIpc) is 2.67. The molecule has 2 aromatic rings. The lowest BCUT2D eigenvalue weighted by molar-refractivity contribution is 0.398. The Labute approximate surface area is 76.0 Å². The van der Waals surface area contributed by atoms with Crippen LogP contribution < -0.4 is 4.74 Å². The van der Waals surface area contributed by atoms with Gasteiger partial charge in [-0.25, -0.2) is 0 Å². The third kappa shape index (κ3) is 1.40. The molecule has 3 heteroatoms. The first-order valence-corrected chi connectivity index (χ1v) is 3.88. The van der Waals surface area contributed by atoms with Crippen LogP contribution in [0.1, 0.15) is 0 Å². The van der Waals surface area contributed by atoms with Crippen molar-refractivity contribution >= 4 is 0 Å². The minimum atomic E-state index is 0.464. The molecule has 0 saturated heterocycles. The van der Waals surface area contributed by atoms with E-state index in [-0.39, 0.29) is 0 Å². The lowest BCUT2D eigenvalue weighted by Crippen LogP contribution is -1.84. The first kappa shape index (κ1) is 7.86. The Morgan fingerprint density at radius 1 is 1.31 bits per heavy atom. The number of hydrogen-bond acceptors (Lipinski definition) is 3. The lowest BCUT2D eigenvalue weighted by atomic mass is 10.2. The molecule has 1 radical (unpaired) electrons. The van der Waals surface area contributed by atoms with E-state index in [1.165, 1.54) is 0 Å². The van der Waals surface area contributed by atoms with Crippen molar-refractivity contribution in [1.29, 1.82) is 0 Å². The van der Waals surface area contributed by atoms with Crippen LogP contribution in [-0.4, -0.2) is 12.1 Å². The number of oxazole rings is 1. The summed E-state index contributed by atoms with van der Waals surface area (Å²) in [6.07, 6.45) is 2.40. The third-order valence-corrected chi connectivity index (χ3v) is 1.72. The molecule has 3 nitrogen and oxygen atoms in total. The second kappa shape index (κ2) is 3.31. The van der Waals surface area contributed by atoms with Gasteiger partial charge in [0.1, 0.15) is 0 Å². The van der Waals surface area contributed by atoms with Crippen LogP contribution in [0.15, 0.2) is 34.7 Å². The quantitative estimate of drug-likeness (QED) is 0.699. The van der Waals surface area contributed by atoms with Crippen molar-refractivity contribution < 1.29 is 9.15 Å². The monoisotopic (exact) mass is 174 g/mol. The highest BCUT2D eigenvalue weighted by Gasteiger charge is 2.10. The molecule has 13 heavy (non-hydrogen) atoms.